The Morgan fingerprint density at radius 1 is 1.80 bits per heavy atom. The van der Waals surface area contributed by atoms with E-state index in [-0.39, 0.29) is 5.84 Å². The standard InChI is InChI=1S/C5H8N4O/c6-4(10)5-8-2-1-3-9(5)7/h1-2H,3,7H2,(H2,6,10). The molecular weight excluding hydrogens is 132 g/mol. The second kappa shape index (κ2) is 2.49. The molecule has 0 radical (unpaired) electrons. The first-order chi connectivity index (χ1) is 4.72. The van der Waals surface area contributed by atoms with Crippen molar-refractivity contribution in [3.8, 4) is 0 Å². The van der Waals surface area contributed by atoms with E-state index in [2.05, 4.69) is 4.99 Å². The van der Waals surface area contributed by atoms with Crippen molar-refractivity contribution in [2.45, 2.75) is 0 Å². The third-order valence-corrected chi connectivity index (χ3v) is 1.10. The lowest BCUT2D eigenvalue weighted by molar-refractivity contribution is -0.112. The SMILES string of the molecule is NC(=O)C1=NC=CCN1N. The maximum Gasteiger partial charge on any atom is 0.285 e. The van der Waals surface area contributed by atoms with Crippen LogP contribution in [0.25, 0.3) is 0 Å². The minimum absolute atomic E-state index is 0.0995. The summed E-state index contributed by atoms with van der Waals surface area (Å²) < 4.78 is 0. The number of amides is 1. The molecule has 0 unspecified atom stereocenters. The molecule has 1 aliphatic rings. The van der Waals surface area contributed by atoms with Crippen molar-refractivity contribution in [1.29, 1.82) is 0 Å². The van der Waals surface area contributed by atoms with E-state index in [4.69, 9.17) is 11.6 Å². The van der Waals surface area contributed by atoms with Gasteiger partial charge in [-0.05, 0) is 6.08 Å². The normalized spacial score (nSPS) is 16.9. The summed E-state index contributed by atoms with van der Waals surface area (Å²) in [6.45, 7) is 0.474. The monoisotopic (exact) mass is 140 g/mol. The van der Waals surface area contributed by atoms with Crippen molar-refractivity contribution in [2.24, 2.45) is 16.6 Å². The molecule has 54 valence electrons. The fraction of sp³-hybridized carbons (Fsp3) is 0.200. The Kier molecular flexibility index (Phi) is 1.68. The number of carbonyl (C=O) groups excluding carboxylic acids is 1. The van der Waals surface area contributed by atoms with Crippen molar-refractivity contribution in [3.63, 3.8) is 0 Å². The highest BCUT2D eigenvalue weighted by atomic mass is 16.1. The quantitative estimate of drug-likeness (QED) is 0.438. The van der Waals surface area contributed by atoms with Gasteiger partial charge in [-0.3, -0.25) is 9.80 Å². The molecule has 0 aliphatic carbocycles. The molecule has 0 saturated carbocycles. The molecule has 1 amide bonds. The highest BCUT2D eigenvalue weighted by Crippen LogP contribution is 1.93. The molecule has 0 spiro atoms. The molecule has 0 aromatic rings. The van der Waals surface area contributed by atoms with E-state index in [1.54, 1.807) is 6.08 Å². The van der Waals surface area contributed by atoms with Gasteiger partial charge in [-0.25, -0.2) is 10.8 Å². The summed E-state index contributed by atoms with van der Waals surface area (Å²) in [6, 6.07) is 0. The van der Waals surface area contributed by atoms with Crippen LogP contribution in [0, 0.1) is 0 Å². The maximum absolute atomic E-state index is 10.5. The van der Waals surface area contributed by atoms with Crippen LogP contribution in [-0.4, -0.2) is 23.3 Å². The number of aliphatic imine (C=N–C) groups is 1. The summed E-state index contributed by atoms with van der Waals surface area (Å²) in [5.74, 6) is 4.83. The van der Waals surface area contributed by atoms with Gasteiger partial charge in [-0.2, -0.15) is 0 Å². The van der Waals surface area contributed by atoms with Gasteiger partial charge in [0, 0.05) is 6.20 Å². The first-order valence-electron chi connectivity index (χ1n) is 2.76. The molecular formula is C5H8N4O. The molecule has 0 saturated heterocycles. The second-order valence-corrected chi connectivity index (χ2v) is 1.85. The molecule has 5 heteroatoms. The zero-order valence-corrected chi connectivity index (χ0v) is 5.32. The summed E-state index contributed by atoms with van der Waals surface area (Å²) in [7, 11) is 0. The van der Waals surface area contributed by atoms with Gasteiger partial charge in [-0.1, -0.05) is 0 Å². The van der Waals surface area contributed by atoms with Crippen LogP contribution >= 0.6 is 0 Å². The van der Waals surface area contributed by atoms with Crippen LogP contribution in [0.1, 0.15) is 0 Å². The van der Waals surface area contributed by atoms with Crippen LogP contribution in [-0.2, 0) is 4.79 Å². The van der Waals surface area contributed by atoms with Crippen LogP contribution in [0.2, 0.25) is 0 Å². The molecule has 1 rings (SSSR count). The van der Waals surface area contributed by atoms with Gasteiger partial charge in [0.15, 0.2) is 0 Å². The van der Waals surface area contributed by atoms with Crippen molar-refractivity contribution in [2.75, 3.05) is 6.54 Å². The fourth-order valence-electron chi connectivity index (χ4n) is 0.650. The van der Waals surface area contributed by atoms with Gasteiger partial charge < -0.3 is 5.73 Å². The van der Waals surface area contributed by atoms with Crippen molar-refractivity contribution in [3.05, 3.63) is 12.3 Å². The Bertz CT molecular complexity index is 208. The molecule has 0 aromatic heterocycles. The topological polar surface area (TPSA) is 84.7 Å². The molecule has 1 heterocycles. The number of nitrogens with zero attached hydrogens (tertiary/aromatic N) is 2. The largest absolute Gasteiger partial charge is 0.363 e. The Hall–Kier alpha value is -1.36. The van der Waals surface area contributed by atoms with Gasteiger partial charge in [-0.15, -0.1) is 0 Å². The summed E-state index contributed by atoms with van der Waals surface area (Å²) in [6.07, 6.45) is 3.23. The fourth-order valence-corrected chi connectivity index (χ4v) is 0.650. The lowest BCUT2D eigenvalue weighted by atomic mass is 10.4. The molecule has 4 N–H and O–H groups in total. The molecule has 0 aromatic carbocycles. The molecule has 0 bridgehead atoms. The number of hydrogen-bond acceptors (Lipinski definition) is 4. The van der Waals surface area contributed by atoms with Gasteiger partial charge >= 0.3 is 0 Å². The number of primary amides is 1. The summed E-state index contributed by atoms with van der Waals surface area (Å²) in [4.78, 5) is 14.2. The van der Waals surface area contributed by atoms with Gasteiger partial charge in [0.2, 0.25) is 5.84 Å². The second-order valence-electron chi connectivity index (χ2n) is 1.85. The van der Waals surface area contributed by atoms with E-state index < -0.39 is 5.91 Å². The zero-order chi connectivity index (χ0) is 7.56. The first kappa shape index (κ1) is 6.76. The number of amidine groups is 1. The van der Waals surface area contributed by atoms with Crippen LogP contribution in [0.3, 0.4) is 0 Å². The van der Waals surface area contributed by atoms with E-state index in [0.717, 1.165) is 0 Å². The van der Waals surface area contributed by atoms with E-state index in [0.29, 0.717) is 6.54 Å². The van der Waals surface area contributed by atoms with E-state index >= 15 is 0 Å². The lowest BCUT2D eigenvalue weighted by Gasteiger charge is -2.17. The van der Waals surface area contributed by atoms with Crippen molar-refractivity contribution < 1.29 is 4.79 Å². The molecule has 1 aliphatic heterocycles. The number of nitrogens with two attached hydrogens (primary N) is 2. The van der Waals surface area contributed by atoms with Gasteiger partial charge in [0.1, 0.15) is 0 Å². The Labute approximate surface area is 58.0 Å². The predicted molar refractivity (Wildman–Crippen MR) is 36.7 cm³/mol. The van der Waals surface area contributed by atoms with Crippen LogP contribution < -0.4 is 11.6 Å². The number of carbonyl (C=O) groups is 1. The molecule has 0 atom stereocenters. The van der Waals surface area contributed by atoms with Crippen LogP contribution in [0.4, 0.5) is 0 Å². The minimum atomic E-state index is -0.605. The Balaban J connectivity index is 2.80. The third-order valence-electron chi connectivity index (χ3n) is 1.10. The van der Waals surface area contributed by atoms with E-state index in [1.165, 1.54) is 11.2 Å². The number of hydrazine groups is 1. The zero-order valence-electron chi connectivity index (χ0n) is 5.32. The maximum atomic E-state index is 10.5. The highest BCUT2D eigenvalue weighted by Gasteiger charge is 2.13. The highest BCUT2D eigenvalue weighted by molar-refractivity contribution is 6.37. The van der Waals surface area contributed by atoms with Crippen LogP contribution in [0.15, 0.2) is 17.3 Å². The number of rotatable bonds is 1. The van der Waals surface area contributed by atoms with Crippen molar-refractivity contribution >= 4 is 11.7 Å². The Morgan fingerprint density at radius 3 is 2.90 bits per heavy atom. The van der Waals surface area contributed by atoms with E-state index in [1.807, 2.05) is 0 Å². The minimum Gasteiger partial charge on any atom is -0.363 e. The molecule has 0 fully saturated rings. The molecule has 5 nitrogen and oxygen atoms in total. The van der Waals surface area contributed by atoms with Gasteiger partial charge in [0.25, 0.3) is 5.91 Å². The first-order valence-corrected chi connectivity index (χ1v) is 2.76. The van der Waals surface area contributed by atoms with Gasteiger partial charge in [0.05, 0.1) is 6.54 Å². The average molecular weight is 140 g/mol. The molecule has 10 heavy (non-hydrogen) atoms. The van der Waals surface area contributed by atoms with Crippen molar-refractivity contribution in [1.82, 2.24) is 5.01 Å². The number of hydrogen-bond donors (Lipinski definition) is 2. The summed E-state index contributed by atoms with van der Waals surface area (Å²) in [5.41, 5.74) is 4.93. The van der Waals surface area contributed by atoms with Crippen LogP contribution in [0.5, 0.6) is 0 Å². The lowest BCUT2D eigenvalue weighted by Crippen LogP contribution is -2.45. The summed E-state index contributed by atoms with van der Waals surface area (Å²) >= 11 is 0. The summed E-state index contributed by atoms with van der Waals surface area (Å²) in [5, 5.41) is 1.20. The smallest absolute Gasteiger partial charge is 0.285 e. The predicted octanol–water partition coefficient (Wildman–Crippen LogP) is -1.43. The van der Waals surface area contributed by atoms with E-state index in [9.17, 15) is 4.79 Å². The Morgan fingerprint density at radius 2 is 2.50 bits per heavy atom. The average Bonchev–Trinajstić information content (AvgIpc) is 1.88. The third kappa shape index (κ3) is 1.14.